The minimum absolute atomic E-state index is 0.00955. The second kappa shape index (κ2) is 8.23. The molecule has 2 amide bonds. The summed E-state index contributed by atoms with van der Waals surface area (Å²) in [4.78, 5) is 27.5. The Morgan fingerprint density at radius 3 is 2.68 bits per heavy atom. The van der Waals surface area contributed by atoms with Gasteiger partial charge in [-0.1, -0.05) is 29.8 Å². The molecule has 2 aromatic carbocycles. The number of hydrogen-bond donors (Lipinski definition) is 1. The second-order valence-electron chi connectivity index (χ2n) is 7.33. The molecule has 1 fully saturated rings. The first kappa shape index (κ1) is 18.8. The SMILES string of the molecule is O=C(N[C@H]1CCOc2ccccc21)[C@H]1CCCN(C(=O)c2ccc(Cl)cc2)C1. The van der Waals surface area contributed by atoms with Crippen LogP contribution in [-0.4, -0.2) is 36.4 Å². The zero-order chi connectivity index (χ0) is 19.5. The Hall–Kier alpha value is -2.53. The summed E-state index contributed by atoms with van der Waals surface area (Å²) >= 11 is 5.91. The van der Waals surface area contributed by atoms with E-state index in [2.05, 4.69) is 5.32 Å². The Morgan fingerprint density at radius 1 is 1.07 bits per heavy atom. The first-order valence-corrected chi connectivity index (χ1v) is 10.1. The molecule has 1 N–H and O–H groups in total. The Labute approximate surface area is 169 Å². The van der Waals surface area contributed by atoms with Crippen molar-refractivity contribution < 1.29 is 14.3 Å². The van der Waals surface area contributed by atoms with Crippen molar-refractivity contribution in [2.75, 3.05) is 19.7 Å². The zero-order valence-corrected chi connectivity index (χ0v) is 16.3. The summed E-state index contributed by atoms with van der Waals surface area (Å²) in [5, 5.41) is 3.78. The fraction of sp³-hybridized carbons (Fsp3) is 0.364. The van der Waals surface area contributed by atoms with Crippen LogP contribution in [0.1, 0.15) is 41.2 Å². The van der Waals surface area contributed by atoms with Crippen LogP contribution in [0.2, 0.25) is 5.02 Å². The van der Waals surface area contributed by atoms with Crippen LogP contribution >= 0.6 is 11.6 Å². The number of fused-ring (bicyclic) bond motifs is 1. The number of carbonyl (C=O) groups is 2. The molecule has 2 aliphatic rings. The van der Waals surface area contributed by atoms with E-state index in [1.54, 1.807) is 29.2 Å². The van der Waals surface area contributed by atoms with Gasteiger partial charge in [0.2, 0.25) is 5.91 Å². The van der Waals surface area contributed by atoms with Gasteiger partial charge in [0.05, 0.1) is 18.6 Å². The third-order valence-corrected chi connectivity index (χ3v) is 5.70. The monoisotopic (exact) mass is 398 g/mol. The molecule has 0 saturated carbocycles. The maximum Gasteiger partial charge on any atom is 0.253 e. The molecule has 2 aliphatic heterocycles. The number of rotatable bonds is 3. The van der Waals surface area contributed by atoms with Crippen LogP contribution < -0.4 is 10.1 Å². The lowest BCUT2D eigenvalue weighted by Gasteiger charge is -2.34. The number of ether oxygens (including phenoxy) is 1. The van der Waals surface area contributed by atoms with Gasteiger partial charge < -0.3 is 15.0 Å². The van der Waals surface area contributed by atoms with Crippen LogP contribution in [0.25, 0.3) is 0 Å². The van der Waals surface area contributed by atoms with Gasteiger partial charge >= 0.3 is 0 Å². The quantitative estimate of drug-likeness (QED) is 0.854. The predicted molar refractivity (Wildman–Crippen MR) is 108 cm³/mol. The number of piperidine rings is 1. The fourth-order valence-electron chi connectivity index (χ4n) is 3.93. The predicted octanol–water partition coefficient (Wildman–Crippen LogP) is 3.83. The zero-order valence-electron chi connectivity index (χ0n) is 15.6. The van der Waals surface area contributed by atoms with Gasteiger partial charge in [-0.3, -0.25) is 9.59 Å². The molecule has 146 valence electrons. The Morgan fingerprint density at radius 2 is 1.86 bits per heavy atom. The Kier molecular flexibility index (Phi) is 5.53. The molecule has 0 aromatic heterocycles. The number of para-hydroxylation sites is 1. The topological polar surface area (TPSA) is 58.6 Å². The van der Waals surface area contributed by atoms with Crippen molar-refractivity contribution in [1.29, 1.82) is 0 Å². The number of halogens is 1. The van der Waals surface area contributed by atoms with Crippen molar-refractivity contribution in [1.82, 2.24) is 10.2 Å². The maximum absolute atomic E-state index is 12.9. The average Bonchev–Trinajstić information content (AvgIpc) is 2.74. The number of carbonyl (C=O) groups excluding carboxylic acids is 2. The number of amides is 2. The van der Waals surface area contributed by atoms with E-state index in [1.807, 2.05) is 24.3 Å². The minimum atomic E-state index is -0.194. The molecule has 2 aromatic rings. The third kappa shape index (κ3) is 3.99. The van der Waals surface area contributed by atoms with E-state index in [9.17, 15) is 9.59 Å². The van der Waals surface area contributed by atoms with Gasteiger partial charge in [-0.2, -0.15) is 0 Å². The smallest absolute Gasteiger partial charge is 0.253 e. The van der Waals surface area contributed by atoms with Crippen molar-refractivity contribution in [2.24, 2.45) is 5.92 Å². The number of benzene rings is 2. The van der Waals surface area contributed by atoms with Crippen LogP contribution in [0.5, 0.6) is 5.75 Å². The molecule has 0 aliphatic carbocycles. The van der Waals surface area contributed by atoms with Gasteiger partial charge in [0.15, 0.2) is 0 Å². The Bertz CT molecular complexity index is 868. The summed E-state index contributed by atoms with van der Waals surface area (Å²) in [5.41, 5.74) is 1.62. The van der Waals surface area contributed by atoms with Crippen LogP contribution in [0.3, 0.4) is 0 Å². The van der Waals surface area contributed by atoms with Gasteiger partial charge in [0.25, 0.3) is 5.91 Å². The summed E-state index contributed by atoms with van der Waals surface area (Å²) in [7, 11) is 0. The summed E-state index contributed by atoms with van der Waals surface area (Å²) < 4.78 is 5.67. The lowest BCUT2D eigenvalue weighted by Crippen LogP contribution is -2.46. The molecule has 6 heteroatoms. The molecule has 28 heavy (non-hydrogen) atoms. The second-order valence-corrected chi connectivity index (χ2v) is 7.77. The van der Waals surface area contributed by atoms with Crippen molar-refractivity contribution >= 4 is 23.4 Å². The first-order valence-electron chi connectivity index (χ1n) is 9.69. The Balaban J connectivity index is 1.41. The number of hydrogen-bond acceptors (Lipinski definition) is 3. The molecule has 2 heterocycles. The summed E-state index contributed by atoms with van der Waals surface area (Å²) in [6.45, 7) is 1.71. The fourth-order valence-corrected chi connectivity index (χ4v) is 4.06. The highest BCUT2D eigenvalue weighted by molar-refractivity contribution is 6.30. The van der Waals surface area contributed by atoms with E-state index in [4.69, 9.17) is 16.3 Å². The van der Waals surface area contributed by atoms with Crippen molar-refractivity contribution in [2.45, 2.75) is 25.3 Å². The van der Waals surface area contributed by atoms with E-state index >= 15 is 0 Å². The van der Waals surface area contributed by atoms with Gasteiger partial charge in [-0.15, -0.1) is 0 Å². The largest absolute Gasteiger partial charge is 0.493 e. The highest BCUT2D eigenvalue weighted by Crippen LogP contribution is 2.32. The molecule has 4 rings (SSSR count). The lowest BCUT2D eigenvalue weighted by atomic mass is 9.94. The summed E-state index contributed by atoms with van der Waals surface area (Å²) in [6, 6.07) is 14.7. The van der Waals surface area contributed by atoms with E-state index in [0.29, 0.717) is 30.3 Å². The van der Waals surface area contributed by atoms with Crippen molar-refractivity contribution in [3.05, 3.63) is 64.7 Å². The van der Waals surface area contributed by atoms with E-state index < -0.39 is 0 Å². The van der Waals surface area contributed by atoms with E-state index in [-0.39, 0.29) is 23.8 Å². The third-order valence-electron chi connectivity index (χ3n) is 5.45. The molecule has 5 nitrogen and oxygen atoms in total. The molecule has 1 saturated heterocycles. The molecule has 0 spiro atoms. The van der Waals surface area contributed by atoms with Crippen LogP contribution in [0.15, 0.2) is 48.5 Å². The summed E-state index contributed by atoms with van der Waals surface area (Å²) in [5.74, 6) is 0.600. The standard InChI is InChI=1S/C22H23ClN2O3/c23-17-9-7-15(8-10-17)22(27)25-12-3-4-16(14-25)21(26)24-19-11-13-28-20-6-2-1-5-18(19)20/h1-2,5-10,16,19H,3-4,11-14H2,(H,24,26)/t16-,19-/m0/s1. The van der Waals surface area contributed by atoms with Crippen LogP contribution in [0.4, 0.5) is 0 Å². The highest BCUT2D eigenvalue weighted by atomic mass is 35.5. The minimum Gasteiger partial charge on any atom is -0.493 e. The first-order chi connectivity index (χ1) is 13.6. The molecule has 0 radical (unpaired) electrons. The molecular weight excluding hydrogens is 376 g/mol. The molecular formula is C22H23ClN2O3. The average molecular weight is 399 g/mol. The van der Waals surface area contributed by atoms with Crippen LogP contribution in [-0.2, 0) is 4.79 Å². The normalized spacial score (nSPS) is 21.4. The van der Waals surface area contributed by atoms with Crippen molar-refractivity contribution in [3.63, 3.8) is 0 Å². The molecule has 0 bridgehead atoms. The highest BCUT2D eigenvalue weighted by Gasteiger charge is 2.31. The van der Waals surface area contributed by atoms with Gasteiger partial charge in [0.1, 0.15) is 5.75 Å². The van der Waals surface area contributed by atoms with Gasteiger partial charge in [-0.05, 0) is 43.2 Å². The van der Waals surface area contributed by atoms with E-state index in [0.717, 1.165) is 30.6 Å². The van der Waals surface area contributed by atoms with Gasteiger partial charge in [0, 0.05) is 35.7 Å². The van der Waals surface area contributed by atoms with Crippen molar-refractivity contribution in [3.8, 4) is 5.75 Å². The summed E-state index contributed by atoms with van der Waals surface area (Å²) in [6.07, 6.45) is 2.37. The van der Waals surface area contributed by atoms with E-state index in [1.165, 1.54) is 0 Å². The van der Waals surface area contributed by atoms with Crippen LogP contribution in [0, 0.1) is 5.92 Å². The number of nitrogens with one attached hydrogen (secondary N) is 1. The molecule has 0 unspecified atom stereocenters. The maximum atomic E-state index is 12.9. The molecule has 2 atom stereocenters. The number of likely N-dealkylation sites (tertiary alicyclic amines) is 1. The lowest BCUT2D eigenvalue weighted by molar-refractivity contribution is -0.127. The van der Waals surface area contributed by atoms with Gasteiger partial charge in [-0.25, -0.2) is 0 Å². The number of nitrogens with zero attached hydrogens (tertiary/aromatic N) is 1.